The van der Waals surface area contributed by atoms with Crippen LogP contribution in [0.4, 0.5) is 0 Å². The van der Waals surface area contributed by atoms with Gasteiger partial charge in [0, 0.05) is 17.1 Å². The van der Waals surface area contributed by atoms with Crippen LogP contribution in [0.1, 0.15) is 10.4 Å². The van der Waals surface area contributed by atoms with Gasteiger partial charge < -0.3 is 4.98 Å². The van der Waals surface area contributed by atoms with Crippen molar-refractivity contribution in [2.75, 3.05) is 0 Å². The first kappa shape index (κ1) is 7.37. The van der Waals surface area contributed by atoms with Crippen molar-refractivity contribution in [2.45, 2.75) is 0 Å². The summed E-state index contributed by atoms with van der Waals surface area (Å²) >= 11 is 5.89. The molecule has 2 nitrogen and oxygen atoms in total. The molecule has 1 N–H and O–H groups in total. The molecule has 0 spiro atoms. The molecular weight excluding hydrogens is 174 g/mol. The number of halogens is 1. The van der Waals surface area contributed by atoms with Gasteiger partial charge in [0.2, 0.25) is 0 Å². The Morgan fingerprint density at radius 1 is 1.42 bits per heavy atom. The maximum atomic E-state index is 10.5. The zero-order valence-electron chi connectivity index (χ0n) is 6.17. The van der Waals surface area contributed by atoms with Gasteiger partial charge in [0.15, 0.2) is 0 Å². The number of benzene rings is 1. The van der Waals surface area contributed by atoms with Crippen LogP contribution in [-0.4, -0.2) is 11.3 Å². The smallest absolute Gasteiger partial charge is 0.150 e. The van der Waals surface area contributed by atoms with E-state index >= 15 is 0 Å². The van der Waals surface area contributed by atoms with E-state index in [0.717, 1.165) is 17.2 Å². The fraction of sp³-hybridized carbons (Fsp3) is 0. The molecule has 0 bridgehead atoms. The number of nitrogens with one attached hydrogen (secondary N) is 1. The average molecular weight is 180 g/mol. The Morgan fingerprint density at radius 2 is 2.25 bits per heavy atom. The van der Waals surface area contributed by atoms with Gasteiger partial charge in [0.05, 0.1) is 10.5 Å². The molecule has 60 valence electrons. The number of hydrogen-bond donors (Lipinski definition) is 1. The van der Waals surface area contributed by atoms with Crippen LogP contribution in [0.25, 0.3) is 10.9 Å². The number of aromatic amines is 1. The predicted octanol–water partition coefficient (Wildman–Crippen LogP) is 2.63. The zero-order valence-corrected chi connectivity index (χ0v) is 6.93. The molecule has 0 unspecified atom stereocenters. The minimum atomic E-state index is 0.583. The summed E-state index contributed by atoms with van der Waals surface area (Å²) < 4.78 is 0. The van der Waals surface area contributed by atoms with Crippen molar-refractivity contribution < 1.29 is 4.79 Å². The van der Waals surface area contributed by atoms with Crippen molar-refractivity contribution in [3.05, 3.63) is 35.0 Å². The lowest BCUT2D eigenvalue weighted by Crippen LogP contribution is -1.79. The molecule has 3 heteroatoms. The van der Waals surface area contributed by atoms with Gasteiger partial charge in [-0.2, -0.15) is 0 Å². The minimum absolute atomic E-state index is 0.583. The summed E-state index contributed by atoms with van der Waals surface area (Å²) in [5, 5.41) is 1.55. The van der Waals surface area contributed by atoms with Crippen LogP contribution in [-0.2, 0) is 0 Å². The monoisotopic (exact) mass is 179 g/mol. The van der Waals surface area contributed by atoms with Gasteiger partial charge in [-0.1, -0.05) is 11.6 Å². The van der Waals surface area contributed by atoms with Gasteiger partial charge in [-0.25, -0.2) is 0 Å². The molecule has 0 saturated heterocycles. The average Bonchev–Trinajstić information content (AvgIpc) is 2.52. The molecule has 1 aromatic carbocycles. The lowest BCUT2D eigenvalue weighted by Gasteiger charge is -1.95. The molecule has 0 aliphatic heterocycles. The topological polar surface area (TPSA) is 32.9 Å². The number of carbonyl (C=O) groups is 1. The van der Waals surface area contributed by atoms with E-state index in [2.05, 4.69) is 4.98 Å². The third-order valence-corrected chi connectivity index (χ3v) is 2.07. The van der Waals surface area contributed by atoms with Crippen molar-refractivity contribution >= 4 is 28.8 Å². The van der Waals surface area contributed by atoms with E-state index in [1.807, 2.05) is 6.07 Å². The summed E-state index contributed by atoms with van der Waals surface area (Å²) in [5.41, 5.74) is 1.48. The van der Waals surface area contributed by atoms with Crippen molar-refractivity contribution in [1.82, 2.24) is 4.98 Å². The van der Waals surface area contributed by atoms with Crippen LogP contribution in [0, 0.1) is 0 Å². The zero-order chi connectivity index (χ0) is 8.55. The number of rotatable bonds is 1. The summed E-state index contributed by atoms with van der Waals surface area (Å²) in [4.78, 5) is 13.4. The second-order valence-corrected chi connectivity index (χ2v) is 2.97. The molecule has 0 amide bonds. The van der Waals surface area contributed by atoms with E-state index < -0.39 is 0 Å². The molecule has 1 aromatic heterocycles. The highest BCUT2D eigenvalue weighted by atomic mass is 35.5. The first-order valence-corrected chi connectivity index (χ1v) is 3.91. The first-order valence-electron chi connectivity index (χ1n) is 3.53. The van der Waals surface area contributed by atoms with E-state index in [4.69, 9.17) is 11.6 Å². The molecule has 0 aliphatic rings. The Hall–Kier alpha value is -1.28. The SMILES string of the molecule is O=Cc1cc(Cl)c2[nH]ccc2c1. The fourth-order valence-corrected chi connectivity index (χ4v) is 1.51. The largest absolute Gasteiger partial charge is 0.360 e. The summed E-state index contributed by atoms with van der Waals surface area (Å²) in [5.74, 6) is 0. The third kappa shape index (κ3) is 1.01. The second kappa shape index (κ2) is 2.64. The van der Waals surface area contributed by atoms with Gasteiger partial charge in [-0.05, 0) is 18.2 Å². The van der Waals surface area contributed by atoms with Crippen LogP contribution in [0.5, 0.6) is 0 Å². The number of carbonyl (C=O) groups excluding carboxylic acids is 1. The Bertz CT molecular complexity index is 433. The Morgan fingerprint density at radius 3 is 3.00 bits per heavy atom. The minimum Gasteiger partial charge on any atom is -0.360 e. The van der Waals surface area contributed by atoms with Crippen LogP contribution in [0.15, 0.2) is 24.4 Å². The molecule has 2 aromatic rings. The van der Waals surface area contributed by atoms with Gasteiger partial charge in [-0.3, -0.25) is 4.79 Å². The number of fused-ring (bicyclic) bond motifs is 1. The molecule has 2 rings (SSSR count). The van der Waals surface area contributed by atoms with Crippen LogP contribution < -0.4 is 0 Å². The molecule has 0 atom stereocenters. The number of aldehydes is 1. The lowest BCUT2D eigenvalue weighted by molar-refractivity contribution is 0.112. The van der Waals surface area contributed by atoms with E-state index in [1.165, 1.54) is 0 Å². The number of aromatic nitrogens is 1. The molecule has 0 saturated carbocycles. The molecule has 1 heterocycles. The van der Waals surface area contributed by atoms with Gasteiger partial charge >= 0.3 is 0 Å². The molecular formula is C9H6ClNO. The summed E-state index contributed by atoms with van der Waals surface area (Å²) in [7, 11) is 0. The normalized spacial score (nSPS) is 10.4. The molecule has 12 heavy (non-hydrogen) atoms. The molecule has 0 radical (unpaired) electrons. The van der Waals surface area contributed by atoms with Crippen LogP contribution in [0.2, 0.25) is 5.02 Å². The Labute approximate surface area is 74.2 Å². The quantitative estimate of drug-likeness (QED) is 0.671. The molecule has 0 aliphatic carbocycles. The second-order valence-electron chi connectivity index (χ2n) is 2.56. The van der Waals surface area contributed by atoms with Gasteiger partial charge in [-0.15, -0.1) is 0 Å². The van der Waals surface area contributed by atoms with Crippen molar-refractivity contribution in [1.29, 1.82) is 0 Å². The van der Waals surface area contributed by atoms with Gasteiger partial charge in [0.1, 0.15) is 6.29 Å². The standard InChI is InChI=1S/C9H6ClNO/c10-8-4-6(5-12)3-7-1-2-11-9(7)8/h1-5,11H. The lowest BCUT2D eigenvalue weighted by atomic mass is 10.2. The number of hydrogen-bond acceptors (Lipinski definition) is 1. The predicted molar refractivity (Wildman–Crippen MR) is 48.7 cm³/mol. The summed E-state index contributed by atoms with van der Waals surface area (Å²) in [6, 6.07) is 5.33. The van der Waals surface area contributed by atoms with Crippen molar-refractivity contribution in [2.24, 2.45) is 0 Å². The van der Waals surface area contributed by atoms with Crippen LogP contribution >= 0.6 is 11.6 Å². The van der Waals surface area contributed by atoms with E-state index in [-0.39, 0.29) is 0 Å². The van der Waals surface area contributed by atoms with Crippen molar-refractivity contribution in [3.8, 4) is 0 Å². The maximum Gasteiger partial charge on any atom is 0.150 e. The van der Waals surface area contributed by atoms with Gasteiger partial charge in [0.25, 0.3) is 0 Å². The highest BCUT2D eigenvalue weighted by Crippen LogP contribution is 2.23. The highest BCUT2D eigenvalue weighted by molar-refractivity contribution is 6.35. The summed E-state index contributed by atoms with van der Waals surface area (Å²) in [6.07, 6.45) is 2.59. The maximum absolute atomic E-state index is 10.5. The van der Waals surface area contributed by atoms with E-state index in [0.29, 0.717) is 10.6 Å². The van der Waals surface area contributed by atoms with E-state index in [1.54, 1.807) is 18.3 Å². The molecule has 0 fully saturated rings. The fourth-order valence-electron chi connectivity index (χ4n) is 1.22. The Balaban J connectivity index is 2.83. The first-order chi connectivity index (χ1) is 5.81. The highest BCUT2D eigenvalue weighted by Gasteiger charge is 2.01. The third-order valence-electron chi connectivity index (χ3n) is 1.77. The number of H-pyrrole nitrogens is 1. The Kier molecular flexibility index (Phi) is 1.62. The van der Waals surface area contributed by atoms with E-state index in [9.17, 15) is 4.79 Å². The van der Waals surface area contributed by atoms with Crippen LogP contribution in [0.3, 0.4) is 0 Å². The summed E-state index contributed by atoms with van der Waals surface area (Å²) in [6.45, 7) is 0. The van der Waals surface area contributed by atoms with Crippen molar-refractivity contribution in [3.63, 3.8) is 0 Å².